The Hall–Kier alpha value is -1.85. The molecule has 0 aromatic carbocycles. The number of carbonyl (C=O) groups excluding carboxylic acids is 3. The number of hydrogen-bond acceptors (Lipinski definition) is 6. The highest BCUT2D eigenvalue weighted by Gasteiger charge is 2.70. The van der Waals surface area contributed by atoms with E-state index in [1.54, 1.807) is 0 Å². The van der Waals surface area contributed by atoms with Crippen molar-refractivity contribution in [3.63, 3.8) is 0 Å². The molecule has 0 N–H and O–H groups in total. The Morgan fingerprint density at radius 2 is 1.45 bits per heavy atom. The van der Waals surface area contributed by atoms with Crippen LogP contribution < -0.4 is 0 Å². The lowest BCUT2D eigenvalue weighted by atomic mass is 9.33. The van der Waals surface area contributed by atoms with E-state index in [9.17, 15) is 14.4 Å². The summed E-state index contributed by atoms with van der Waals surface area (Å²) in [4.78, 5) is 38.5. The van der Waals surface area contributed by atoms with E-state index in [2.05, 4.69) is 40.7 Å². The summed E-state index contributed by atoms with van der Waals surface area (Å²) in [5.41, 5.74) is 0.308. The molecular weight excluding hydrogens is 504 g/mol. The van der Waals surface area contributed by atoms with Gasteiger partial charge in [-0.2, -0.15) is 0 Å². The van der Waals surface area contributed by atoms with Crippen LogP contribution in [0.2, 0.25) is 0 Å². The van der Waals surface area contributed by atoms with Crippen LogP contribution in [-0.2, 0) is 28.6 Å². The van der Waals surface area contributed by atoms with Crippen LogP contribution >= 0.6 is 0 Å². The predicted octanol–water partition coefficient (Wildman–Crippen LogP) is 7.05. The van der Waals surface area contributed by atoms with Crippen molar-refractivity contribution in [2.24, 2.45) is 50.2 Å². The molecule has 224 valence electrons. The zero-order valence-electron chi connectivity index (χ0n) is 26.4. The van der Waals surface area contributed by atoms with Crippen molar-refractivity contribution < 1.29 is 28.6 Å². The number of methoxy groups -OCH3 is 2. The van der Waals surface area contributed by atoms with Crippen LogP contribution in [0, 0.1) is 50.2 Å². The van der Waals surface area contributed by atoms with Crippen LogP contribution in [0.3, 0.4) is 0 Å². The fourth-order valence-electron chi connectivity index (χ4n) is 11.5. The van der Waals surface area contributed by atoms with E-state index in [1.165, 1.54) is 26.7 Å². The van der Waals surface area contributed by atoms with Gasteiger partial charge in [-0.05, 0) is 105 Å². The van der Waals surface area contributed by atoms with Crippen LogP contribution in [-0.4, -0.2) is 38.2 Å². The number of fused-ring (bicyclic) bond motifs is 7. The van der Waals surface area contributed by atoms with E-state index in [0.29, 0.717) is 31.1 Å². The molecule has 40 heavy (non-hydrogen) atoms. The Balaban J connectivity index is 1.56. The minimum atomic E-state index is -0.601. The second-order valence-corrected chi connectivity index (χ2v) is 15.7. The molecule has 4 fully saturated rings. The number of hydrogen-bond donors (Lipinski definition) is 0. The summed E-state index contributed by atoms with van der Waals surface area (Å²) in [6.45, 7) is 15.7. The van der Waals surface area contributed by atoms with Gasteiger partial charge in [-0.1, -0.05) is 46.3 Å². The third-order valence-electron chi connectivity index (χ3n) is 13.9. The number of ether oxygens (including phenoxy) is 3. The fraction of sp³-hybridized carbons (Fsp3) is 0.853. The van der Waals surface area contributed by atoms with Crippen molar-refractivity contribution in [1.29, 1.82) is 0 Å². The first kappa shape index (κ1) is 29.6. The molecule has 9 atom stereocenters. The average molecular weight is 557 g/mol. The molecule has 0 radical (unpaired) electrons. The molecule has 6 heteroatoms. The van der Waals surface area contributed by atoms with Gasteiger partial charge in [-0.25, -0.2) is 0 Å². The van der Waals surface area contributed by atoms with Gasteiger partial charge in [0.25, 0.3) is 0 Å². The van der Waals surface area contributed by atoms with Gasteiger partial charge < -0.3 is 14.2 Å². The molecule has 0 amide bonds. The molecule has 0 aromatic heterocycles. The molecule has 0 aromatic rings. The van der Waals surface area contributed by atoms with Crippen molar-refractivity contribution in [3.8, 4) is 0 Å². The topological polar surface area (TPSA) is 78.9 Å². The Morgan fingerprint density at radius 1 is 0.800 bits per heavy atom. The highest BCUT2D eigenvalue weighted by molar-refractivity contribution is 5.81. The van der Waals surface area contributed by atoms with Gasteiger partial charge in [-0.3, -0.25) is 14.4 Å². The first-order valence-electron chi connectivity index (χ1n) is 15.6. The molecule has 0 saturated heterocycles. The standard InChI is InChI=1S/C34H52O6/c1-21(35)40-26-13-14-31(5)24(29(26,2)3)12-15-33(7)25(31)11-10-22-23-20-30(4,27(36)38-8)16-18-34(23,28(37)39-9)19-17-32(22,33)6/h10,23-26H,11-20H2,1-9H3/t23?,24?,25?,26-,30-,31-,32+,33+,34-/m0/s1. The maximum atomic E-state index is 13.5. The van der Waals surface area contributed by atoms with Crippen LogP contribution in [0.25, 0.3) is 0 Å². The second kappa shape index (κ2) is 9.33. The predicted molar refractivity (Wildman–Crippen MR) is 153 cm³/mol. The largest absolute Gasteiger partial charge is 0.469 e. The van der Waals surface area contributed by atoms with Gasteiger partial charge in [0, 0.05) is 12.3 Å². The summed E-state index contributed by atoms with van der Waals surface area (Å²) in [5.74, 6) is 0.509. The lowest BCUT2D eigenvalue weighted by Gasteiger charge is -2.71. The number of esters is 3. The first-order valence-corrected chi connectivity index (χ1v) is 15.6. The summed E-state index contributed by atoms with van der Waals surface area (Å²) >= 11 is 0. The molecule has 5 rings (SSSR count). The van der Waals surface area contributed by atoms with Crippen molar-refractivity contribution in [3.05, 3.63) is 11.6 Å². The molecule has 0 aliphatic heterocycles. The number of rotatable bonds is 3. The van der Waals surface area contributed by atoms with Crippen LogP contribution in [0.15, 0.2) is 11.6 Å². The van der Waals surface area contributed by atoms with Crippen molar-refractivity contribution in [1.82, 2.24) is 0 Å². The Bertz CT molecular complexity index is 1120. The SMILES string of the molecule is COC(=O)[C@@]1(C)CC[C@]2(C(=O)OC)CC[C@]3(C)C(=CCC4[C@@]5(C)CC[C@H](OC(C)=O)C(C)(C)C5CC[C@]43C)C2C1. The minimum absolute atomic E-state index is 0.0176. The molecule has 3 unspecified atom stereocenters. The van der Waals surface area contributed by atoms with Gasteiger partial charge in [-0.15, -0.1) is 0 Å². The Labute approximate surface area is 241 Å². The van der Waals surface area contributed by atoms with Gasteiger partial charge in [0.05, 0.1) is 25.0 Å². The zero-order valence-corrected chi connectivity index (χ0v) is 26.4. The third-order valence-corrected chi connectivity index (χ3v) is 13.9. The summed E-state index contributed by atoms with van der Waals surface area (Å²) in [7, 11) is 2.99. The van der Waals surface area contributed by atoms with E-state index < -0.39 is 10.8 Å². The lowest BCUT2D eigenvalue weighted by molar-refractivity contribution is -0.214. The van der Waals surface area contributed by atoms with Crippen molar-refractivity contribution in [2.75, 3.05) is 14.2 Å². The number of carbonyl (C=O) groups is 3. The molecular formula is C34H52O6. The minimum Gasteiger partial charge on any atom is -0.469 e. The van der Waals surface area contributed by atoms with Gasteiger partial charge >= 0.3 is 17.9 Å². The molecule has 5 aliphatic carbocycles. The Morgan fingerprint density at radius 3 is 2.08 bits per heavy atom. The first-order chi connectivity index (χ1) is 18.6. The summed E-state index contributed by atoms with van der Waals surface area (Å²) in [6.07, 6.45) is 11.4. The zero-order chi connectivity index (χ0) is 29.5. The maximum Gasteiger partial charge on any atom is 0.312 e. The molecule has 0 bridgehead atoms. The summed E-state index contributed by atoms with van der Waals surface area (Å²) < 4.78 is 16.6. The van der Waals surface area contributed by atoms with Gasteiger partial charge in [0.2, 0.25) is 0 Å². The van der Waals surface area contributed by atoms with E-state index in [0.717, 1.165) is 44.9 Å². The maximum absolute atomic E-state index is 13.5. The highest BCUT2D eigenvalue weighted by atomic mass is 16.5. The smallest absolute Gasteiger partial charge is 0.312 e. The molecule has 6 nitrogen and oxygen atoms in total. The monoisotopic (exact) mass is 556 g/mol. The van der Waals surface area contributed by atoms with E-state index in [1.807, 2.05) is 6.92 Å². The molecule has 0 heterocycles. The van der Waals surface area contributed by atoms with Crippen LogP contribution in [0.4, 0.5) is 0 Å². The lowest BCUT2D eigenvalue weighted by Crippen LogP contribution is -2.65. The van der Waals surface area contributed by atoms with Crippen molar-refractivity contribution >= 4 is 17.9 Å². The van der Waals surface area contributed by atoms with Gasteiger partial charge in [0.1, 0.15) is 6.10 Å². The van der Waals surface area contributed by atoms with E-state index >= 15 is 0 Å². The quantitative estimate of drug-likeness (QED) is 0.211. The summed E-state index contributed by atoms with van der Waals surface area (Å²) in [6, 6.07) is 0. The molecule has 4 saturated carbocycles. The van der Waals surface area contributed by atoms with Gasteiger partial charge in [0.15, 0.2) is 0 Å². The third kappa shape index (κ3) is 3.75. The molecule has 0 spiro atoms. The highest BCUT2D eigenvalue weighted by Crippen LogP contribution is 2.76. The Kier molecular flexibility index (Phi) is 6.91. The fourth-order valence-corrected chi connectivity index (χ4v) is 11.5. The van der Waals surface area contributed by atoms with E-state index in [-0.39, 0.29) is 51.6 Å². The van der Waals surface area contributed by atoms with Crippen LogP contribution in [0.5, 0.6) is 0 Å². The summed E-state index contributed by atoms with van der Waals surface area (Å²) in [5, 5.41) is 0. The van der Waals surface area contributed by atoms with Crippen LogP contribution in [0.1, 0.15) is 113 Å². The van der Waals surface area contributed by atoms with E-state index in [4.69, 9.17) is 14.2 Å². The van der Waals surface area contributed by atoms with Crippen molar-refractivity contribution in [2.45, 2.75) is 119 Å². The second-order valence-electron chi connectivity index (χ2n) is 15.7. The average Bonchev–Trinajstić information content (AvgIpc) is 2.89. The normalized spacial score (nSPS) is 47.3. The molecule has 5 aliphatic rings. The number of allylic oxidation sites excluding steroid dienone is 2.